The number of hydrogen-bond acceptors (Lipinski definition) is 2. The standard InChI is InChI=1S/C13H22N2/c1-4-5-10(2)13(14)11(3)12-6-8-15-9-7-12/h6-11,13H,4-5,14H2,1-3H3. The van der Waals surface area contributed by atoms with Crippen LogP contribution in [0.3, 0.4) is 0 Å². The minimum absolute atomic E-state index is 0.243. The number of aromatic nitrogens is 1. The maximum Gasteiger partial charge on any atom is 0.0270 e. The summed E-state index contributed by atoms with van der Waals surface area (Å²) in [4.78, 5) is 4.03. The minimum atomic E-state index is 0.243. The molecule has 1 aromatic rings. The number of nitrogens with two attached hydrogens (primary N) is 1. The number of rotatable bonds is 5. The van der Waals surface area contributed by atoms with Gasteiger partial charge in [-0.05, 0) is 36.0 Å². The quantitative estimate of drug-likeness (QED) is 0.804. The number of hydrogen-bond donors (Lipinski definition) is 1. The van der Waals surface area contributed by atoms with E-state index in [1.54, 1.807) is 0 Å². The Labute approximate surface area is 92.9 Å². The lowest BCUT2D eigenvalue weighted by Gasteiger charge is -2.26. The highest BCUT2D eigenvalue weighted by atomic mass is 14.7. The van der Waals surface area contributed by atoms with Gasteiger partial charge in [-0.1, -0.05) is 27.2 Å². The van der Waals surface area contributed by atoms with Crippen LogP contribution in [0, 0.1) is 5.92 Å². The Bertz CT molecular complexity index is 271. The van der Waals surface area contributed by atoms with Crippen molar-refractivity contribution >= 4 is 0 Å². The monoisotopic (exact) mass is 206 g/mol. The molecule has 2 heteroatoms. The van der Waals surface area contributed by atoms with Crippen molar-refractivity contribution in [1.29, 1.82) is 0 Å². The fourth-order valence-corrected chi connectivity index (χ4v) is 2.03. The summed E-state index contributed by atoms with van der Waals surface area (Å²) in [5, 5.41) is 0. The summed E-state index contributed by atoms with van der Waals surface area (Å²) in [5.74, 6) is 0.993. The van der Waals surface area contributed by atoms with Gasteiger partial charge in [0.25, 0.3) is 0 Å². The minimum Gasteiger partial charge on any atom is -0.327 e. The van der Waals surface area contributed by atoms with Gasteiger partial charge in [-0.25, -0.2) is 0 Å². The van der Waals surface area contributed by atoms with Gasteiger partial charge in [0.1, 0.15) is 0 Å². The summed E-state index contributed by atoms with van der Waals surface area (Å²) in [6, 6.07) is 4.36. The van der Waals surface area contributed by atoms with Gasteiger partial charge in [-0.2, -0.15) is 0 Å². The van der Waals surface area contributed by atoms with Crippen LogP contribution < -0.4 is 5.73 Å². The molecule has 2 nitrogen and oxygen atoms in total. The normalized spacial score (nSPS) is 17.1. The zero-order chi connectivity index (χ0) is 11.3. The van der Waals surface area contributed by atoms with Crippen molar-refractivity contribution in [3.05, 3.63) is 30.1 Å². The lowest BCUT2D eigenvalue weighted by molar-refractivity contribution is 0.380. The van der Waals surface area contributed by atoms with Crippen molar-refractivity contribution in [1.82, 2.24) is 4.98 Å². The van der Waals surface area contributed by atoms with Crippen LogP contribution in [0.5, 0.6) is 0 Å². The molecule has 1 heterocycles. The fourth-order valence-electron chi connectivity index (χ4n) is 2.03. The molecule has 0 fully saturated rings. The molecule has 0 saturated heterocycles. The molecule has 1 aromatic heterocycles. The zero-order valence-corrected chi connectivity index (χ0v) is 9.98. The van der Waals surface area contributed by atoms with Gasteiger partial charge >= 0.3 is 0 Å². The van der Waals surface area contributed by atoms with Gasteiger partial charge in [0.2, 0.25) is 0 Å². The molecule has 0 amide bonds. The predicted octanol–water partition coefficient (Wildman–Crippen LogP) is 2.95. The van der Waals surface area contributed by atoms with Crippen molar-refractivity contribution in [2.75, 3.05) is 0 Å². The summed E-state index contributed by atoms with van der Waals surface area (Å²) in [7, 11) is 0. The smallest absolute Gasteiger partial charge is 0.0270 e. The first-order valence-electron chi connectivity index (χ1n) is 5.82. The maximum absolute atomic E-state index is 6.26. The van der Waals surface area contributed by atoms with Crippen LogP contribution >= 0.6 is 0 Å². The average molecular weight is 206 g/mol. The molecule has 0 radical (unpaired) electrons. The second kappa shape index (κ2) is 5.86. The molecule has 3 unspecified atom stereocenters. The van der Waals surface area contributed by atoms with E-state index in [1.165, 1.54) is 18.4 Å². The molecule has 1 rings (SSSR count). The van der Waals surface area contributed by atoms with E-state index in [0.29, 0.717) is 11.8 Å². The van der Waals surface area contributed by atoms with Crippen LogP contribution in [-0.2, 0) is 0 Å². The van der Waals surface area contributed by atoms with Crippen molar-refractivity contribution in [2.45, 2.75) is 45.6 Å². The SMILES string of the molecule is CCCC(C)C(N)C(C)c1ccncc1. The first-order chi connectivity index (χ1) is 7.16. The summed E-state index contributed by atoms with van der Waals surface area (Å²) in [5.41, 5.74) is 7.55. The van der Waals surface area contributed by atoms with Gasteiger partial charge in [-0.3, -0.25) is 4.98 Å². The molecule has 0 bridgehead atoms. The van der Waals surface area contributed by atoms with Crippen molar-refractivity contribution < 1.29 is 0 Å². The molecule has 3 atom stereocenters. The molecule has 0 spiro atoms. The van der Waals surface area contributed by atoms with Crippen LogP contribution in [0.2, 0.25) is 0 Å². The van der Waals surface area contributed by atoms with Crippen LogP contribution in [0.15, 0.2) is 24.5 Å². The zero-order valence-electron chi connectivity index (χ0n) is 9.98. The van der Waals surface area contributed by atoms with E-state index in [-0.39, 0.29) is 6.04 Å². The highest BCUT2D eigenvalue weighted by molar-refractivity contribution is 5.17. The molecule has 0 aliphatic rings. The van der Waals surface area contributed by atoms with Gasteiger partial charge in [0.15, 0.2) is 0 Å². The summed E-state index contributed by atoms with van der Waals surface area (Å²) >= 11 is 0. The summed E-state index contributed by atoms with van der Waals surface area (Å²) in [6.07, 6.45) is 6.08. The maximum atomic E-state index is 6.26. The Hall–Kier alpha value is -0.890. The van der Waals surface area contributed by atoms with Crippen molar-refractivity contribution in [3.8, 4) is 0 Å². The van der Waals surface area contributed by atoms with Crippen molar-refractivity contribution in [2.24, 2.45) is 11.7 Å². The molecule has 0 saturated carbocycles. The van der Waals surface area contributed by atoms with E-state index in [0.717, 1.165) is 0 Å². The van der Waals surface area contributed by atoms with Crippen LogP contribution in [0.25, 0.3) is 0 Å². The van der Waals surface area contributed by atoms with Gasteiger partial charge in [0.05, 0.1) is 0 Å². The highest BCUT2D eigenvalue weighted by Gasteiger charge is 2.20. The third-order valence-corrected chi connectivity index (χ3v) is 3.21. The van der Waals surface area contributed by atoms with Gasteiger partial charge < -0.3 is 5.73 Å². The third-order valence-electron chi connectivity index (χ3n) is 3.21. The second-order valence-electron chi connectivity index (χ2n) is 4.41. The largest absolute Gasteiger partial charge is 0.327 e. The average Bonchev–Trinajstić information content (AvgIpc) is 2.28. The van der Waals surface area contributed by atoms with E-state index in [1.807, 2.05) is 12.4 Å². The Balaban J connectivity index is 2.64. The Kier molecular flexibility index (Phi) is 4.76. The third kappa shape index (κ3) is 3.31. The molecule has 0 aliphatic carbocycles. The second-order valence-corrected chi connectivity index (χ2v) is 4.41. The number of pyridine rings is 1. The highest BCUT2D eigenvalue weighted by Crippen LogP contribution is 2.24. The fraction of sp³-hybridized carbons (Fsp3) is 0.615. The lowest BCUT2D eigenvalue weighted by Crippen LogP contribution is -2.33. The molecule has 15 heavy (non-hydrogen) atoms. The molecular formula is C13H22N2. The Morgan fingerprint density at radius 1 is 1.27 bits per heavy atom. The van der Waals surface area contributed by atoms with Crippen molar-refractivity contribution in [3.63, 3.8) is 0 Å². The van der Waals surface area contributed by atoms with Crippen LogP contribution in [-0.4, -0.2) is 11.0 Å². The molecule has 84 valence electrons. The van der Waals surface area contributed by atoms with E-state index in [4.69, 9.17) is 5.73 Å². The molecule has 2 N–H and O–H groups in total. The van der Waals surface area contributed by atoms with E-state index in [2.05, 4.69) is 37.9 Å². The predicted molar refractivity (Wildman–Crippen MR) is 64.7 cm³/mol. The van der Waals surface area contributed by atoms with E-state index in [9.17, 15) is 0 Å². The van der Waals surface area contributed by atoms with E-state index >= 15 is 0 Å². The van der Waals surface area contributed by atoms with Gasteiger partial charge in [0, 0.05) is 18.4 Å². The van der Waals surface area contributed by atoms with Crippen LogP contribution in [0.1, 0.15) is 45.1 Å². The topological polar surface area (TPSA) is 38.9 Å². The molecular weight excluding hydrogens is 184 g/mol. The molecule has 0 aromatic carbocycles. The summed E-state index contributed by atoms with van der Waals surface area (Å²) in [6.45, 7) is 6.65. The van der Waals surface area contributed by atoms with Crippen LogP contribution in [0.4, 0.5) is 0 Å². The first kappa shape index (κ1) is 12.2. The Morgan fingerprint density at radius 2 is 1.87 bits per heavy atom. The van der Waals surface area contributed by atoms with E-state index < -0.39 is 0 Å². The molecule has 0 aliphatic heterocycles. The summed E-state index contributed by atoms with van der Waals surface area (Å²) < 4.78 is 0. The number of nitrogens with zero attached hydrogens (tertiary/aromatic N) is 1. The Morgan fingerprint density at radius 3 is 2.40 bits per heavy atom. The lowest BCUT2D eigenvalue weighted by atomic mass is 9.85. The first-order valence-corrected chi connectivity index (χ1v) is 5.82. The van der Waals surface area contributed by atoms with Gasteiger partial charge in [-0.15, -0.1) is 0 Å².